The Labute approximate surface area is 95.1 Å². The second kappa shape index (κ2) is 8.44. The van der Waals surface area contributed by atoms with E-state index in [9.17, 15) is 13.6 Å². The summed E-state index contributed by atoms with van der Waals surface area (Å²) in [5.74, 6) is -3.36. The monoisotopic (exact) mass is 238 g/mol. The van der Waals surface area contributed by atoms with Crippen LogP contribution >= 0.6 is 0 Å². The van der Waals surface area contributed by atoms with E-state index < -0.39 is 18.3 Å². The van der Waals surface area contributed by atoms with E-state index >= 15 is 0 Å². The van der Waals surface area contributed by atoms with E-state index in [0.717, 1.165) is 0 Å². The van der Waals surface area contributed by atoms with E-state index in [1.165, 1.54) is 0 Å². The van der Waals surface area contributed by atoms with Crippen molar-refractivity contribution in [1.82, 2.24) is 0 Å². The molecular weight excluding hydrogens is 218 g/mol. The molecule has 0 fully saturated rings. The first-order chi connectivity index (χ1) is 7.52. The van der Waals surface area contributed by atoms with Gasteiger partial charge < -0.3 is 9.47 Å². The van der Waals surface area contributed by atoms with Crippen LogP contribution in [-0.4, -0.2) is 31.7 Å². The standard InChI is InChI=1S/C11H20F2O3/c1-3-15-9-5-7-11(12,13)8-6-10(14)16-4-2/h3-9H2,1-2H3. The highest BCUT2D eigenvalue weighted by atomic mass is 19.3. The van der Waals surface area contributed by atoms with E-state index in [0.29, 0.717) is 19.6 Å². The average Bonchev–Trinajstić information content (AvgIpc) is 2.22. The Bertz CT molecular complexity index is 196. The van der Waals surface area contributed by atoms with Crippen LogP contribution in [0.4, 0.5) is 8.78 Å². The van der Waals surface area contributed by atoms with Crippen molar-refractivity contribution in [2.45, 2.75) is 45.5 Å². The van der Waals surface area contributed by atoms with Crippen molar-refractivity contribution in [2.75, 3.05) is 19.8 Å². The highest BCUT2D eigenvalue weighted by molar-refractivity contribution is 5.69. The Hall–Kier alpha value is -0.710. The van der Waals surface area contributed by atoms with Crippen molar-refractivity contribution in [3.8, 4) is 0 Å². The van der Waals surface area contributed by atoms with E-state index in [1.807, 2.05) is 6.92 Å². The Balaban J connectivity index is 3.64. The van der Waals surface area contributed by atoms with Crippen LogP contribution in [0.3, 0.4) is 0 Å². The Morgan fingerprint density at radius 3 is 2.44 bits per heavy atom. The smallest absolute Gasteiger partial charge is 0.305 e. The van der Waals surface area contributed by atoms with Gasteiger partial charge in [-0.25, -0.2) is 8.78 Å². The van der Waals surface area contributed by atoms with Crippen molar-refractivity contribution in [2.24, 2.45) is 0 Å². The van der Waals surface area contributed by atoms with Crippen LogP contribution in [0.2, 0.25) is 0 Å². The van der Waals surface area contributed by atoms with Gasteiger partial charge in [0.15, 0.2) is 0 Å². The molecule has 0 aromatic heterocycles. The predicted molar refractivity (Wildman–Crippen MR) is 56.5 cm³/mol. The summed E-state index contributed by atoms with van der Waals surface area (Å²) in [6.45, 7) is 4.58. The van der Waals surface area contributed by atoms with Crippen molar-refractivity contribution in [3.63, 3.8) is 0 Å². The summed E-state index contributed by atoms with van der Waals surface area (Å²) in [5, 5.41) is 0. The zero-order valence-corrected chi connectivity index (χ0v) is 9.93. The fraction of sp³-hybridized carbons (Fsp3) is 0.909. The number of alkyl halides is 2. The molecule has 0 aliphatic heterocycles. The van der Waals surface area contributed by atoms with Gasteiger partial charge in [0, 0.05) is 26.1 Å². The van der Waals surface area contributed by atoms with Crippen molar-refractivity contribution in [1.29, 1.82) is 0 Å². The van der Waals surface area contributed by atoms with Gasteiger partial charge in [-0.15, -0.1) is 0 Å². The third-order valence-electron chi connectivity index (χ3n) is 2.04. The van der Waals surface area contributed by atoms with Crippen molar-refractivity contribution >= 4 is 5.97 Å². The van der Waals surface area contributed by atoms with Gasteiger partial charge in [0.25, 0.3) is 0 Å². The molecule has 96 valence electrons. The fourth-order valence-corrected chi connectivity index (χ4v) is 1.22. The van der Waals surface area contributed by atoms with Crippen molar-refractivity contribution in [3.05, 3.63) is 0 Å². The second-order valence-corrected chi connectivity index (χ2v) is 3.46. The van der Waals surface area contributed by atoms with Gasteiger partial charge in [-0.05, 0) is 20.3 Å². The molecule has 0 unspecified atom stereocenters. The summed E-state index contributed by atoms with van der Waals surface area (Å²) in [6, 6.07) is 0. The first-order valence-electron chi connectivity index (χ1n) is 5.63. The molecule has 0 N–H and O–H groups in total. The van der Waals surface area contributed by atoms with E-state index in [-0.39, 0.29) is 19.4 Å². The lowest BCUT2D eigenvalue weighted by atomic mass is 10.1. The molecule has 0 heterocycles. The zero-order chi connectivity index (χ0) is 12.4. The van der Waals surface area contributed by atoms with Crippen LogP contribution in [-0.2, 0) is 14.3 Å². The van der Waals surface area contributed by atoms with E-state index in [1.54, 1.807) is 6.92 Å². The SMILES string of the molecule is CCOCCCC(F)(F)CCC(=O)OCC. The van der Waals surface area contributed by atoms with Gasteiger partial charge in [0.05, 0.1) is 13.0 Å². The predicted octanol–water partition coefficient (Wildman–Crippen LogP) is 2.78. The van der Waals surface area contributed by atoms with Crippen LogP contribution in [0.1, 0.15) is 39.5 Å². The van der Waals surface area contributed by atoms with Gasteiger partial charge in [0.2, 0.25) is 5.92 Å². The topological polar surface area (TPSA) is 35.5 Å². The fourth-order valence-electron chi connectivity index (χ4n) is 1.22. The van der Waals surface area contributed by atoms with Crippen LogP contribution in [0.15, 0.2) is 0 Å². The molecular formula is C11H20F2O3. The maximum Gasteiger partial charge on any atom is 0.305 e. The van der Waals surface area contributed by atoms with Crippen molar-refractivity contribution < 1.29 is 23.0 Å². The molecule has 0 atom stereocenters. The molecule has 0 aliphatic carbocycles. The third kappa shape index (κ3) is 8.59. The summed E-state index contributed by atoms with van der Waals surface area (Å²) < 4.78 is 35.9. The summed E-state index contributed by atoms with van der Waals surface area (Å²) in [6.07, 6.45) is -0.608. The first-order valence-corrected chi connectivity index (χ1v) is 5.63. The lowest BCUT2D eigenvalue weighted by Crippen LogP contribution is -2.19. The first kappa shape index (κ1) is 15.3. The van der Waals surface area contributed by atoms with Crippen LogP contribution in [0, 0.1) is 0 Å². The average molecular weight is 238 g/mol. The number of rotatable bonds is 9. The summed E-state index contributed by atoms with van der Waals surface area (Å²) in [7, 11) is 0. The number of carbonyl (C=O) groups excluding carboxylic acids is 1. The van der Waals surface area contributed by atoms with Gasteiger partial charge in [-0.2, -0.15) is 0 Å². The summed E-state index contributed by atoms with van der Waals surface area (Å²) in [5.41, 5.74) is 0. The largest absolute Gasteiger partial charge is 0.466 e. The molecule has 0 amide bonds. The minimum atomic E-state index is -2.80. The minimum absolute atomic E-state index is 0.227. The van der Waals surface area contributed by atoms with Gasteiger partial charge in [-0.3, -0.25) is 4.79 Å². The maximum atomic E-state index is 13.2. The molecule has 0 spiro atoms. The molecule has 0 bridgehead atoms. The molecule has 0 saturated heterocycles. The Kier molecular flexibility index (Phi) is 8.07. The lowest BCUT2D eigenvalue weighted by molar-refractivity contribution is -0.145. The van der Waals surface area contributed by atoms with E-state index in [4.69, 9.17) is 4.74 Å². The highest BCUT2D eigenvalue weighted by Gasteiger charge is 2.29. The second-order valence-electron chi connectivity index (χ2n) is 3.46. The number of halogens is 2. The molecule has 0 saturated carbocycles. The molecule has 3 nitrogen and oxygen atoms in total. The Morgan fingerprint density at radius 1 is 1.19 bits per heavy atom. The third-order valence-corrected chi connectivity index (χ3v) is 2.04. The van der Waals surface area contributed by atoms with Crippen LogP contribution in [0.25, 0.3) is 0 Å². The molecule has 16 heavy (non-hydrogen) atoms. The lowest BCUT2D eigenvalue weighted by Gasteiger charge is -2.15. The van der Waals surface area contributed by atoms with Crippen LogP contribution < -0.4 is 0 Å². The molecule has 0 rings (SSSR count). The summed E-state index contributed by atoms with van der Waals surface area (Å²) in [4.78, 5) is 10.9. The van der Waals surface area contributed by atoms with Gasteiger partial charge in [0.1, 0.15) is 0 Å². The molecule has 0 aromatic carbocycles. The van der Waals surface area contributed by atoms with Crippen LogP contribution in [0.5, 0.6) is 0 Å². The number of ether oxygens (including phenoxy) is 2. The number of carbonyl (C=O) groups is 1. The number of esters is 1. The maximum absolute atomic E-state index is 13.2. The number of hydrogen-bond acceptors (Lipinski definition) is 3. The molecule has 0 radical (unpaired) electrons. The van der Waals surface area contributed by atoms with Gasteiger partial charge >= 0.3 is 5.97 Å². The minimum Gasteiger partial charge on any atom is -0.466 e. The quantitative estimate of drug-likeness (QED) is 0.457. The molecule has 0 aromatic rings. The van der Waals surface area contributed by atoms with E-state index in [2.05, 4.69) is 4.74 Å². The summed E-state index contributed by atoms with van der Waals surface area (Å²) >= 11 is 0. The Morgan fingerprint density at radius 2 is 1.88 bits per heavy atom. The highest BCUT2D eigenvalue weighted by Crippen LogP contribution is 2.26. The molecule has 0 aliphatic rings. The molecule has 5 heteroatoms. The van der Waals surface area contributed by atoms with Gasteiger partial charge in [-0.1, -0.05) is 0 Å². The number of hydrogen-bond donors (Lipinski definition) is 0. The normalized spacial score (nSPS) is 11.5. The zero-order valence-electron chi connectivity index (χ0n) is 9.93.